The number of nitrogens with zero attached hydrogens (tertiary/aromatic N) is 1. The lowest BCUT2D eigenvalue weighted by molar-refractivity contribution is -0.115. The van der Waals surface area contributed by atoms with E-state index in [2.05, 4.69) is 15.6 Å². The second kappa shape index (κ2) is 6.49. The Morgan fingerprint density at radius 2 is 1.92 bits per heavy atom. The van der Waals surface area contributed by atoms with E-state index in [-0.39, 0.29) is 18.0 Å². The lowest BCUT2D eigenvalue weighted by Crippen LogP contribution is -2.32. The van der Waals surface area contributed by atoms with E-state index < -0.39 is 11.7 Å². The number of oxazole rings is 1. The number of hydrogen-bond donors (Lipinski definition) is 2. The number of amides is 2. The molecule has 1 heterocycles. The third-order valence-electron chi connectivity index (χ3n) is 3.29. The molecule has 1 aromatic heterocycles. The number of nitrogens with one attached hydrogen (secondary N) is 2. The number of hydrogen-bond acceptors (Lipinski definition) is 4. The highest BCUT2D eigenvalue weighted by atomic mass is 19.1. The van der Waals surface area contributed by atoms with Crippen LogP contribution in [0, 0.1) is 12.7 Å². The van der Waals surface area contributed by atoms with E-state index in [1.165, 1.54) is 24.3 Å². The Morgan fingerprint density at radius 3 is 2.67 bits per heavy atom. The molecule has 7 heteroatoms. The van der Waals surface area contributed by atoms with Crippen molar-refractivity contribution in [3.63, 3.8) is 0 Å². The SMILES string of the molecule is Cc1nc2cc(NC(=O)CNC(=O)c3ccc(F)cc3)ccc2o1. The molecule has 0 bridgehead atoms. The Kier molecular flexibility index (Phi) is 4.24. The molecule has 2 N–H and O–H groups in total. The first-order chi connectivity index (χ1) is 11.5. The smallest absolute Gasteiger partial charge is 0.251 e. The van der Waals surface area contributed by atoms with Crippen LogP contribution >= 0.6 is 0 Å². The Balaban J connectivity index is 1.58. The molecule has 0 aliphatic carbocycles. The predicted octanol–water partition coefficient (Wildman–Crippen LogP) is 2.64. The van der Waals surface area contributed by atoms with Crippen LogP contribution in [0.1, 0.15) is 16.2 Å². The molecule has 0 spiro atoms. The van der Waals surface area contributed by atoms with Gasteiger partial charge in [0.05, 0.1) is 6.54 Å². The van der Waals surface area contributed by atoms with E-state index in [0.29, 0.717) is 22.7 Å². The largest absolute Gasteiger partial charge is 0.441 e. The maximum Gasteiger partial charge on any atom is 0.251 e. The van der Waals surface area contributed by atoms with Crippen LogP contribution in [-0.2, 0) is 4.79 Å². The minimum absolute atomic E-state index is 0.202. The zero-order valence-electron chi connectivity index (χ0n) is 12.8. The van der Waals surface area contributed by atoms with Crippen LogP contribution in [0.5, 0.6) is 0 Å². The zero-order chi connectivity index (χ0) is 17.1. The molecule has 2 amide bonds. The normalized spacial score (nSPS) is 10.6. The van der Waals surface area contributed by atoms with Gasteiger partial charge in [-0.2, -0.15) is 0 Å². The fourth-order valence-corrected chi connectivity index (χ4v) is 2.19. The minimum atomic E-state index is -0.451. The molecular formula is C17H14FN3O3. The van der Waals surface area contributed by atoms with Crippen molar-refractivity contribution in [2.24, 2.45) is 0 Å². The average Bonchev–Trinajstić information content (AvgIpc) is 2.92. The molecule has 0 aliphatic rings. The lowest BCUT2D eigenvalue weighted by atomic mass is 10.2. The van der Waals surface area contributed by atoms with Gasteiger partial charge in [-0.25, -0.2) is 9.37 Å². The van der Waals surface area contributed by atoms with Crippen LogP contribution in [0.15, 0.2) is 46.9 Å². The number of aryl methyl sites for hydroxylation is 1. The summed E-state index contributed by atoms with van der Waals surface area (Å²) in [6.45, 7) is 1.54. The molecule has 122 valence electrons. The summed E-state index contributed by atoms with van der Waals surface area (Å²) in [4.78, 5) is 28.0. The maximum absolute atomic E-state index is 12.8. The second-order valence-corrected chi connectivity index (χ2v) is 5.15. The first kappa shape index (κ1) is 15.7. The molecule has 0 saturated heterocycles. The summed E-state index contributed by atoms with van der Waals surface area (Å²) in [7, 11) is 0. The second-order valence-electron chi connectivity index (χ2n) is 5.15. The van der Waals surface area contributed by atoms with Crippen molar-refractivity contribution in [3.05, 3.63) is 59.7 Å². The molecule has 24 heavy (non-hydrogen) atoms. The van der Waals surface area contributed by atoms with E-state index in [1.807, 2.05) is 0 Å². The van der Waals surface area contributed by atoms with Gasteiger partial charge in [-0.1, -0.05) is 0 Å². The van der Waals surface area contributed by atoms with Gasteiger partial charge in [0.2, 0.25) is 5.91 Å². The summed E-state index contributed by atoms with van der Waals surface area (Å²) in [6.07, 6.45) is 0. The van der Waals surface area contributed by atoms with Crippen molar-refractivity contribution in [2.45, 2.75) is 6.92 Å². The number of rotatable bonds is 4. The van der Waals surface area contributed by atoms with Gasteiger partial charge in [-0.15, -0.1) is 0 Å². The van der Waals surface area contributed by atoms with Crippen molar-refractivity contribution in [3.8, 4) is 0 Å². The zero-order valence-corrected chi connectivity index (χ0v) is 12.8. The van der Waals surface area contributed by atoms with Gasteiger partial charge < -0.3 is 15.1 Å². The Bertz CT molecular complexity index is 903. The summed E-state index contributed by atoms with van der Waals surface area (Å²) >= 11 is 0. The van der Waals surface area contributed by atoms with Crippen LogP contribution in [0.4, 0.5) is 10.1 Å². The van der Waals surface area contributed by atoms with Crippen molar-refractivity contribution >= 4 is 28.6 Å². The van der Waals surface area contributed by atoms with Crippen molar-refractivity contribution in [1.29, 1.82) is 0 Å². The Morgan fingerprint density at radius 1 is 1.17 bits per heavy atom. The Hall–Kier alpha value is -3.22. The molecule has 3 aromatic rings. The fraction of sp³-hybridized carbons (Fsp3) is 0.118. The third-order valence-corrected chi connectivity index (χ3v) is 3.29. The number of carbonyl (C=O) groups excluding carboxylic acids is 2. The topological polar surface area (TPSA) is 84.2 Å². The highest BCUT2D eigenvalue weighted by Gasteiger charge is 2.09. The van der Waals surface area contributed by atoms with Gasteiger partial charge in [0.15, 0.2) is 11.5 Å². The van der Waals surface area contributed by atoms with Crippen molar-refractivity contribution in [1.82, 2.24) is 10.3 Å². The van der Waals surface area contributed by atoms with Gasteiger partial charge in [0, 0.05) is 18.2 Å². The molecule has 0 fully saturated rings. The summed E-state index contributed by atoms with van der Waals surface area (Å²) in [5.74, 6) is -0.722. The average molecular weight is 327 g/mol. The maximum atomic E-state index is 12.8. The molecule has 0 saturated carbocycles. The molecule has 0 radical (unpaired) electrons. The first-order valence-electron chi connectivity index (χ1n) is 7.22. The lowest BCUT2D eigenvalue weighted by Gasteiger charge is -2.07. The summed E-state index contributed by atoms with van der Waals surface area (Å²) < 4.78 is 18.2. The van der Waals surface area contributed by atoms with Gasteiger partial charge in [0.1, 0.15) is 11.3 Å². The fourth-order valence-electron chi connectivity index (χ4n) is 2.19. The van der Waals surface area contributed by atoms with Crippen LogP contribution in [0.2, 0.25) is 0 Å². The van der Waals surface area contributed by atoms with Gasteiger partial charge in [-0.05, 0) is 42.5 Å². The van der Waals surface area contributed by atoms with Gasteiger partial charge in [0.25, 0.3) is 5.91 Å². The number of fused-ring (bicyclic) bond motifs is 1. The molecule has 6 nitrogen and oxygen atoms in total. The van der Waals surface area contributed by atoms with Crippen LogP contribution in [0.3, 0.4) is 0 Å². The third kappa shape index (κ3) is 3.57. The molecule has 2 aromatic carbocycles. The van der Waals surface area contributed by atoms with Crippen molar-refractivity contribution < 1.29 is 18.4 Å². The quantitative estimate of drug-likeness (QED) is 0.771. The number of aromatic nitrogens is 1. The molecule has 0 aliphatic heterocycles. The number of halogens is 1. The number of benzene rings is 2. The van der Waals surface area contributed by atoms with E-state index in [9.17, 15) is 14.0 Å². The van der Waals surface area contributed by atoms with E-state index >= 15 is 0 Å². The highest BCUT2D eigenvalue weighted by Crippen LogP contribution is 2.19. The van der Waals surface area contributed by atoms with E-state index in [0.717, 1.165) is 0 Å². The Labute approximate surface area is 136 Å². The van der Waals surface area contributed by atoms with E-state index in [1.54, 1.807) is 25.1 Å². The monoisotopic (exact) mass is 327 g/mol. The summed E-state index contributed by atoms with van der Waals surface area (Å²) in [6, 6.07) is 10.2. The van der Waals surface area contributed by atoms with Gasteiger partial charge in [-0.3, -0.25) is 9.59 Å². The standard InChI is InChI=1S/C17H14FN3O3/c1-10-20-14-8-13(6-7-15(14)24-10)21-16(22)9-19-17(23)11-2-4-12(18)5-3-11/h2-8H,9H2,1H3,(H,19,23)(H,21,22). The van der Waals surface area contributed by atoms with Crippen LogP contribution < -0.4 is 10.6 Å². The minimum Gasteiger partial charge on any atom is -0.441 e. The molecule has 3 rings (SSSR count). The van der Waals surface area contributed by atoms with Crippen LogP contribution in [-0.4, -0.2) is 23.3 Å². The first-order valence-corrected chi connectivity index (χ1v) is 7.22. The van der Waals surface area contributed by atoms with E-state index in [4.69, 9.17) is 4.42 Å². The number of anilines is 1. The molecule has 0 atom stereocenters. The predicted molar refractivity (Wildman–Crippen MR) is 86.1 cm³/mol. The molecule has 0 unspecified atom stereocenters. The highest BCUT2D eigenvalue weighted by molar-refractivity contribution is 5.99. The number of carbonyl (C=O) groups is 2. The summed E-state index contributed by atoms with van der Waals surface area (Å²) in [5, 5.41) is 5.14. The van der Waals surface area contributed by atoms with Crippen LogP contribution in [0.25, 0.3) is 11.1 Å². The van der Waals surface area contributed by atoms with Gasteiger partial charge >= 0.3 is 0 Å². The van der Waals surface area contributed by atoms with Crippen molar-refractivity contribution in [2.75, 3.05) is 11.9 Å². The summed E-state index contributed by atoms with van der Waals surface area (Å²) in [5.41, 5.74) is 2.11. The molecular weight excluding hydrogens is 313 g/mol.